The van der Waals surface area contributed by atoms with Crippen molar-refractivity contribution in [1.29, 1.82) is 0 Å². The highest BCUT2D eigenvalue weighted by molar-refractivity contribution is 5.77. The van der Waals surface area contributed by atoms with Gasteiger partial charge in [0.2, 0.25) is 0 Å². The number of carbonyl (C=O) groups excluding carboxylic acids is 2. The maximum Gasteiger partial charge on any atom is 0.314 e. The summed E-state index contributed by atoms with van der Waals surface area (Å²) in [5.74, 6) is -0.349. The number of ether oxygens (including phenoxy) is 2. The molecule has 4 heteroatoms. The predicted octanol–water partition coefficient (Wildman–Crippen LogP) is 2.17. The van der Waals surface area contributed by atoms with E-state index in [-0.39, 0.29) is 24.5 Å². The molecule has 0 aliphatic heterocycles. The first-order valence-electron chi connectivity index (χ1n) is 5.62. The molecule has 4 nitrogen and oxygen atoms in total. The zero-order valence-electron chi connectivity index (χ0n) is 10.8. The maximum absolute atomic E-state index is 11.5. The van der Waals surface area contributed by atoms with Crippen molar-refractivity contribution in [1.82, 2.24) is 0 Å². The third-order valence-electron chi connectivity index (χ3n) is 2.00. The van der Waals surface area contributed by atoms with Gasteiger partial charge in [0.25, 0.3) is 0 Å². The molecule has 0 atom stereocenters. The minimum Gasteiger partial charge on any atom is -0.465 e. The Morgan fingerprint density at radius 3 is 2.19 bits per heavy atom. The number of rotatable bonds is 6. The van der Waals surface area contributed by atoms with Crippen LogP contribution in [0.25, 0.3) is 0 Å². The summed E-state index contributed by atoms with van der Waals surface area (Å²) >= 11 is 0. The Kier molecular flexibility index (Phi) is 6.08. The Labute approximate surface area is 97.3 Å². The Morgan fingerprint density at radius 1 is 1.19 bits per heavy atom. The van der Waals surface area contributed by atoms with E-state index in [1.807, 2.05) is 13.8 Å². The van der Waals surface area contributed by atoms with Crippen molar-refractivity contribution in [3.8, 4) is 0 Å². The van der Waals surface area contributed by atoms with E-state index in [9.17, 15) is 9.59 Å². The van der Waals surface area contributed by atoms with Crippen LogP contribution in [0.4, 0.5) is 0 Å². The maximum atomic E-state index is 11.5. The fraction of sp³-hybridized carbons (Fsp3) is 0.833. The van der Waals surface area contributed by atoms with Crippen molar-refractivity contribution in [2.45, 2.75) is 41.0 Å². The third kappa shape index (κ3) is 5.73. The van der Waals surface area contributed by atoms with Crippen molar-refractivity contribution in [3.05, 3.63) is 0 Å². The van der Waals surface area contributed by atoms with Crippen LogP contribution in [-0.2, 0) is 19.1 Å². The monoisotopic (exact) mass is 230 g/mol. The molecule has 16 heavy (non-hydrogen) atoms. The molecule has 0 aliphatic carbocycles. The highest BCUT2D eigenvalue weighted by Crippen LogP contribution is 2.18. The molecule has 0 aromatic rings. The standard InChI is InChI=1S/C12H22O4/c1-6-15-11(14)12(4,5)8-16-10(13)7-9(2)3/h9H,6-8H2,1-5H3. The highest BCUT2D eigenvalue weighted by atomic mass is 16.5. The largest absolute Gasteiger partial charge is 0.465 e. The van der Waals surface area contributed by atoms with Gasteiger partial charge in [-0.15, -0.1) is 0 Å². The van der Waals surface area contributed by atoms with Crippen LogP contribution in [0.2, 0.25) is 0 Å². The Bertz CT molecular complexity index is 243. The van der Waals surface area contributed by atoms with Gasteiger partial charge in [-0.1, -0.05) is 13.8 Å². The van der Waals surface area contributed by atoms with Crippen LogP contribution in [0.1, 0.15) is 41.0 Å². The molecule has 0 heterocycles. The fourth-order valence-electron chi connectivity index (χ4n) is 1.04. The third-order valence-corrected chi connectivity index (χ3v) is 2.00. The van der Waals surface area contributed by atoms with Crippen LogP contribution < -0.4 is 0 Å². The second kappa shape index (κ2) is 6.51. The molecule has 0 rings (SSSR count). The number of carbonyl (C=O) groups is 2. The van der Waals surface area contributed by atoms with Gasteiger partial charge in [-0.3, -0.25) is 9.59 Å². The topological polar surface area (TPSA) is 52.6 Å². The lowest BCUT2D eigenvalue weighted by atomic mass is 9.95. The molecule has 0 bridgehead atoms. The lowest BCUT2D eigenvalue weighted by Gasteiger charge is -2.21. The minimum atomic E-state index is -0.775. The van der Waals surface area contributed by atoms with Gasteiger partial charge >= 0.3 is 11.9 Å². The molecular formula is C12H22O4. The number of hydrogen-bond donors (Lipinski definition) is 0. The van der Waals surface area contributed by atoms with E-state index in [0.717, 1.165) is 0 Å². The zero-order chi connectivity index (χ0) is 12.8. The number of esters is 2. The van der Waals surface area contributed by atoms with Crippen molar-refractivity contribution < 1.29 is 19.1 Å². The van der Waals surface area contributed by atoms with E-state index in [1.165, 1.54) is 0 Å². The van der Waals surface area contributed by atoms with Gasteiger partial charge < -0.3 is 9.47 Å². The van der Waals surface area contributed by atoms with Crippen LogP contribution in [-0.4, -0.2) is 25.2 Å². The summed E-state index contributed by atoms with van der Waals surface area (Å²) in [5.41, 5.74) is -0.775. The average molecular weight is 230 g/mol. The van der Waals surface area contributed by atoms with Crippen molar-refractivity contribution in [2.75, 3.05) is 13.2 Å². The van der Waals surface area contributed by atoms with Crippen LogP contribution in [0.5, 0.6) is 0 Å². The average Bonchev–Trinajstić information content (AvgIpc) is 2.14. The summed E-state index contributed by atoms with van der Waals surface area (Å²) in [6.07, 6.45) is 0.374. The van der Waals surface area contributed by atoms with E-state index in [4.69, 9.17) is 9.47 Å². The first-order chi connectivity index (χ1) is 7.29. The molecule has 0 unspecified atom stereocenters. The lowest BCUT2D eigenvalue weighted by Crippen LogP contribution is -2.32. The first kappa shape index (κ1) is 14.9. The van der Waals surface area contributed by atoms with Crippen LogP contribution in [0, 0.1) is 11.3 Å². The summed E-state index contributed by atoms with van der Waals surface area (Å²) < 4.78 is 9.94. The van der Waals surface area contributed by atoms with Gasteiger partial charge in [0, 0.05) is 6.42 Å². The smallest absolute Gasteiger partial charge is 0.314 e. The quantitative estimate of drug-likeness (QED) is 0.656. The van der Waals surface area contributed by atoms with Crippen LogP contribution in [0.3, 0.4) is 0 Å². The van der Waals surface area contributed by atoms with E-state index in [1.54, 1.807) is 20.8 Å². The van der Waals surface area contributed by atoms with Gasteiger partial charge in [-0.25, -0.2) is 0 Å². The van der Waals surface area contributed by atoms with E-state index >= 15 is 0 Å². The molecule has 0 saturated carbocycles. The van der Waals surface area contributed by atoms with E-state index in [2.05, 4.69) is 0 Å². The van der Waals surface area contributed by atoms with Crippen molar-refractivity contribution in [2.24, 2.45) is 11.3 Å². The Balaban J connectivity index is 4.07. The summed E-state index contributed by atoms with van der Waals surface area (Å²) in [5, 5.41) is 0. The summed E-state index contributed by atoms with van der Waals surface area (Å²) in [7, 11) is 0. The Hall–Kier alpha value is -1.06. The molecule has 0 amide bonds. The summed E-state index contributed by atoms with van der Waals surface area (Å²) in [6, 6.07) is 0. The van der Waals surface area contributed by atoms with Gasteiger partial charge in [0.15, 0.2) is 0 Å². The van der Waals surface area contributed by atoms with E-state index in [0.29, 0.717) is 13.0 Å². The van der Waals surface area contributed by atoms with Crippen LogP contribution >= 0.6 is 0 Å². The van der Waals surface area contributed by atoms with E-state index < -0.39 is 5.41 Å². The highest BCUT2D eigenvalue weighted by Gasteiger charge is 2.31. The molecular weight excluding hydrogens is 208 g/mol. The first-order valence-corrected chi connectivity index (χ1v) is 5.62. The summed E-state index contributed by atoms with van der Waals surface area (Å²) in [4.78, 5) is 22.8. The number of hydrogen-bond acceptors (Lipinski definition) is 4. The molecule has 0 radical (unpaired) electrons. The molecule has 0 N–H and O–H groups in total. The molecule has 94 valence electrons. The van der Waals surface area contributed by atoms with Gasteiger partial charge in [-0.05, 0) is 26.7 Å². The molecule has 0 aromatic heterocycles. The van der Waals surface area contributed by atoms with Gasteiger partial charge in [0.1, 0.15) is 6.61 Å². The molecule has 0 saturated heterocycles. The normalized spacial score (nSPS) is 11.4. The Morgan fingerprint density at radius 2 is 1.75 bits per heavy atom. The van der Waals surface area contributed by atoms with Gasteiger partial charge in [-0.2, -0.15) is 0 Å². The fourth-order valence-corrected chi connectivity index (χ4v) is 1.04. The molecule has 0 spiro atoms. The molecule has 0 aromatic carbocycles. The van der Waals surface area contributed by atoms with Gasteiger partial charge in [0.05, 0.1) is 12.0 Å². The predicted molar refractivity (Wildman–Crippen MR) is 60.8 cm³/mol. The van der Waals surface area contributed by atoms with Crippen LogP contribution in [0.15, 0.2) is 0 Å². The van der Waals surface area contributed by atoms with Crippen molar-refractivity contribution in [3.63, 3.8) is 0 Å². The minimum absolute atomic E-state index is 0.0669. The lowest BCUT2D eigenvalue weighted by molar-refractivity contribution is -0.161. The molecule has 0 aliphatic rings. The second-order valence-corrected chi connectivity index (χ2v) is 4.86. The SMILES string of the molecule is CCOC(=O)C(C)(C)COC(=O)CC(C)C. The molecule has 0 fully saturated rings. The summed E-state index contributed by atoms with van der Waals surface area (Å²) in [6.45, 7) is 9.44. The second-order valence-electron chi connectivity index (χ2n) is 4.86. The van der Waals surface area contributed by atoms with Crippen molar-refractivity contribution >= 4 is 11.9 Å². The zero-order valence-corrected chi connectivity index (χ0v) is 10.8.